The fourth-order valence-electron chi connectivity index (χ4n) is 5.10. The van der Waals surface area contributed by atoms with Crippen LogP contribution in [0.4, 0.5) is 0 Å². The van der Waals surface area contributed by atoms with Crippen molar-refractivity contribution in [3.63, 3.8) is 0 Å². The van der Waals surface area contributed by atoms with Crippen LogP contribution in [-0.2, 0) is 19.5 Å². The SMILES string of the molecule is CN(C)Cc1c(OCC2(C)CC2)ccc2c(CCC3CCN(Cc4ccccc4)CC3)noc12. The summed E-state index contributed by atoms with van der Waals surface area (Å²) in [6.07, 6.45) is 7.22. The summed E-state index contributed by atoms with van der Waals surface area (Å²) in [6, 6.07) is 15.1. The minimum atomic E-state index is 0.355. The van der Waals surface area contributed by atoms with E-state index in [4.69, 9.17) is 9.26 Å². The average Bonchev–Trinajstić information content (AvgIpc) is 3.43. The molecule has 5 rings (SSSR count). The molecule has 1 aromatic heterocycles. The first-order valence-electron chi connectivity index (χ1n) is 12.9. The standard InChI is InChI=1S/C29H39N3O2/c1-29(15-16-29)21-33-27-12-10-24-26(30-34-28(24)25(27)20-31(2)3)11-9-22-13-17-32(18-14-22)19-23-7-5-4-6-8-23/h4-8,10,12,22H,9,11,13-21H2,1-3H3. The van der Waals surface area contributed by atoms with Crippen molar-refractivity contribution in [2.45, 2.75) is 58.5 Å². The number of ether oxygens (including phenoxy) is 1. The number of nitrogens with zero attached hydrogens (tertiary/aromatic N) is 3. The molecule has 0 N–H and O–H groups in total. The highest BCUT2D eigenvalue weighted by atomic mass is 16.5. The monoisotopic (exact) mass is 461 g/mol. The molecule has 0 spiro atoms. The Hall–Kier alpha value is -2.37. The molecule has 5 nitrogen and oxygen atoms in total. The topological polar surface area (TPSA) is 41.7 Å². The molecule has 1 saturated heterocycles. The highest BCUT2D eigenvalue weighted by molar-refractivity contribution is 5.84. The molecule has 182 valence electrons. The average molecular weight is 462 g/mol. The second-order valence-corrected chi connectivity index (χ2v) is 11.1. The van der Waals surface area contributed by atoms with E-state index in [2.05, 4.69) is 78.4 Å². The zero-order chi connectivity index (χ0) is 23.5. The van der Waals surface area contributed by atoms with Crippen LogP contribution in [0.3, 0.4) is 0 Å². The lowest BCUT2D eigenvalue weighted by molar-refractivity contribution is 0.172. The molecule has 1 saturated carbocycles. The van der Waals surface area contributed by atoms with Gasteiger partial charge in [0.2, 0.25) is 0 Å². The molecular formula is C29H39N3O2. The van der Waals surface area contributed by atoms with Crippen LogP contribution >= 0.6 is 0 Å². The van der Waals surface area contributed by atoms with Gasteiger partial charge in [0.25, 0.3) is 0 Å². The largest absolute Gasteiger partial charge is 0.493 e. The maximum atomic E-state index is 6.27. The van der Waals surface area contributed by atoms with Crippen LogP contribution in [-0.4, -0.2) is 48.7 Å². The van der Waals surface area contributed by atoms with Crippen LogP contribution in [0.2, 0.25) is 0 Å². The highest BCUT2D eigenvalue weighted by Gasteiger charge is 2.38. The molecule has 0 radical (unpaired) electrons. The van der Waals surface area contributed by atoms with Crippen molar-refractivity contribution in [2.24, 2.45) is 11.3 Å². The van der Waals surface area contributed by atoms with Gasteiger partial charge >= 0.3 is 0 Å². The van der Waals surface area contributed by atoms with Crippen molar-refractivity contribution < 1.29 is 9.26 Å². The third-order valence-corrected chi connectivity index (χ3v) is 7.68. The zero-order valence-electron chi connectivity index (χ0n) is 21.1. The molecule has 3 aromatic rings. The summed E-state index contributed by atoms with van der Waals surface area (Å²) in [4.78, 5) is 4.76. The lowest BCUT2D eigenvalue weighted by Gasteiger charge is -2.32. The molecule has 0 bridgehead atoms. The first-order valence-corrected chi connectivity index (χ1v) is 12.9. The second kappa shape index (κ2) is 10.1. The number of fused-ring (bicyclic) bond motifs is 1. The molecule has 2 aliphatic rings. The Balaban J connectivity index is 1.20. The van der Waals surface area contributed by atoms with E-state index < -0.39 is 0 Å². The van der Waals surface area contributed by atoms with Gasteiger partial charge in [0.15, 0.2) is 5.58 Å². The van der Waals surface area contributed by atoms with E-state index in [0.717, 1.165) is 60.0 Å². The lowest BCUT2D eigenvalue weighted by atomic mass is 9.91. The Morgan fingerprint density at radius 3 is 2.56 bits per heavy atom. The number of hydrogen-bond donors (Lipinski definition) is 0. The molecule has 2 fully saturated rings. The number of rotatable bonds is 10. The molecule has 0 amide bonds. The Morgan fingerprint density at radius 1 is 1.09 bits per heavy atom. The van der Waals surface area contributed by atoms with Crippen LogP contribution in [0, 0.1) is 11.3 Å². The minimum absolute atomic E-state index is 0.355. The number of aromatic nitrogens is 1. The van der Waals surface area contributed by atoms with Gasteiger partial charge in [-0.25, -0.2) is 0 Å². The summed E-state index contributed by atoms with van der Waals surface area (Å²) in [6.45, 7) is 7.31. The van der Waals surface area contributed by atoms with Crippen molar-refractivity contribution in [1.82, 2.24) is 15.0 Å². The van der Waals surface area contributed by atoms with E-state index in [1.165, 1.54) is 50.8 Å². The van der Waals surface area contributed by atoms with E-state index in [0.29, 0.717) is 5.41 Å². The number of benzene rings is 2. The van der Waals surface area contributed by atoms with E-state index >= 15 is 0 Å². The van der Waals surface area contributed by atoms with Crippen LogP contribution in [0.25, 0.3) is 11.0 Å². The van der Waals surface area contributed by atoms with Gasteiger partial charge in [-0.3, -0.25) is 4.90 Å². The van der Waals surface area contributed by atoms with Gasteiger partial charge in [-0.05, 0) is 89.3 Å². The fourth-order valence-corrected chi connectivity index (χ4v) is 5.10. The number of hydrogen-bond acceptors (Lipinski definition) is 5. The minimum Gasteiger partial charge on any atom is -0.493 e. The van der Waals surface area contributed by atoms with Crippen LogP contribution in [0.5, 0.6) is 5.75 Å². The van der Waals surface area contributed by atoms with Gasteiger partial charge < -0.3 is 14.2 Å². The maximum Gasteiger partial charge on any atom is 0.175 e. The van der Waals surface area contributed by atoms with Gasteiger partial charge in [-0.1, -0.05) is 42.4 Å². The first-order chi connectivity index (χ1) is 16.5. The number of piperidine rings is 1. The highest BCUT2D eigenvalue weighted by Crippen LogP contribution is 2.45. The van der Waals surface area contributed by atoms with Gasteiger partial charge in [0.05, 0.1) is 17.9 Å². The summed E-state index contributed by atoms with van der Waals surface area (Å²) in [5.41, 5.74) is 4.90. The van der Waals surface area contributed by atoms with Crippen molar-refractivity contribution in [1.29, 1.82) is 0 Å². The number of likely N-dealkylation sites (tertiary alicyclic amines) is 1. The Morgan fingerprint density at radius 2 is 1.85 bits per heavy atom. The second-order valence-electron chi connectivity index (χ2n) is 11.1. The quantitative estimate of drug-likeness (QED) is 0.375. The molecule has 2 heterocycles. The summed E-state index contributed by atoms with van der Waals surface area (Å²) >= 11 is 0. The van der Waals surface area contributed by atoms with Crippen molar-refractivity contribution in [2.75, 3.05) is 33.8 Å². The Labute approximate surface area is 204 Å². The maximum absolute atomic E-state index is 6.27. The van der Waals surface area contributed by atoms with E-state index in [1.807, 2.05) is 0 Å². The van der Waals surface area contributed by atoms with E-state index in [-0.39, 0.29) is 0 Å². The normalized spacial score (nSPS) is 18.6. The number of aryl methyl sites for hydroxylation is 1. The smallest absolute Gasteiger partial charge is 0.175 e. The molecule has 2 aromatic carbocycles. The molecular weight excluding hydrogens is 422 g/mol. The van der Waals surface area contributed by atoms with Crippen LogP contribution in [0.1, 0.15) is 55.8 Å². The third kappa shape index (κ3) is 5.64. The zero-order valence-corrected chi connectivity index (χ0v) is 21.1. The third-order valence-electron chi connectivity index (χ3n) is 7.68. The summed E-state index contributed by atoms with van der Waals surface area (Å²) in [5, 5.41) is 5.68. The van der Waals surface area contributed by atoms with Gasteiger partial charge in [-0.15, -0.1) is 0 Å². The lowest BCUT2D eigenvalue weighted by Crippen LogP contribution is -2.33. The summed E-state index contributed by atoms with van der Waals surface area (Å²) < 4.78 is 12.2. The van der Waals surface area contributed by atoms with E-state index in [9.17, 15) is 0 Å². The molecule has 1 aliphatic carbocycles. The predicted molar refractivity (Wildman–Crippen MR) is 137 cm³/mol. The van der Waals surface area contributed by atoms with Crippen molar-refractivity contribution in [3.05, 3.63) is 59.3 Å². The Kier molecular flexibility index (Phi) is 6.94. The Bertz CT molecular complexity index is 1080. The summed E-state index contributed by atoms with van der Waals surface area (Å²) in [5.74, 6) is 1.71. The van der Waals surface area contributed by atoms with Gasteiger partial charge in [0.1, 0.15) is 5.75 Å². The predicted octanol–water partition coefficient (Wildman–Crippen LogP) is 5.91. The molecule has 34 heavy (non-hydrogen) atoms. The van der Waals surface area contributed by atoms with Crippen LogP contribution < -0.4 is 4.74 Å². The van der Waals surface area contributed by atoms with Crippen molar-refractivity contribution >= 4 is 11.0 Å². The van der Waals surface area contributed by atoms with Gasteiger partial charge in [0, 0.05) is 23.9 Å². The first kappa shape index (κ1) is 23.4. The van der Waals surface area contributed by atoms with E-state index in [1.54, 1.807) is 0 Å². The van der Waals surface area contributed by atoms with Crippen LogP contribution in [0.15, 0.2) is 47.0 Å². The fraction of sp³-hybridized carbons (Fsp3) is 0.552. The van der Waals surface area contributed by atoms with Crippen molar-refractivity contribution in [3.8, 4) is 5.75 Å². The summed E-state index contributed by atoms with van der Waals surface area (Å²) in [7, 11) is 4.18. The molecule has 0 atom stereocenters. The molecule has 1 aliphatic heterocycles. The molecule has 0 unspecified atom stereocenters. The molecule has 5 heteroatoms. The van der Waals surface area contributed by atoms with Gasteiger partial charge in [-0.2, -0.15) is 0 Å².